The summed E-state index contributed by atoms with van der Waals surface area (Å²) in [5.41, 5.74) is 1.83. The van der Waals surface area contributed by atoms with Crippen molar-refractivity contribution in [1.82, 2.24) is 19.7 Å². The van der Waals surface area contributed by atoms with Crippen LogP contribution in [-0.4, -0.2) is 32.3 Å². The number of rotatable bonds is 6. The van der Waals surface area contributed by atoms with Crippen LogP contribution in [0.3, 0.4) is 0 Å². The van der Waals surface area contributed by atoms with Gasteiger partial charge in [0.05, 0.1) is 24.2 Å². The lowest BCUT2D eigenvalue weighted by Gasteiger charge is -2.17. The third-order valence-corrected chi connectivity index (χ3v) is 4.14. The zero-order chi connectivity index (χ0) is 20.3. The Labute approximate surface area is 162 Å². The Morgan fingerprint density at radius 2 is 1.93 bits per heavy atom. The molecule has 0 bridgehead atoms. The Morgan fingerprint density at radius 3 is 2.50 bits per heavy atom. The SMILES string of the molecule is CCOC(=O)c1c(-c2ccc(F)cc2)nc(Nc2ccnn2C)nc1C(C)C. The second-order valence-corrected chi connectivity index (χ2v) is 6.50. The summed E-state index contributed by atoms with van der Waals surface area (Å²) in [5.74, 6) is 0.0856. The molecule has 0 amide bonds. The lowest BCUT2D eigenvalue weighted by molar-refractivity contribution is 0.0524. The molecule has 1 N–H and O–H groups in total. The first-order chi connectivity index (χ1) is 13.4. The van der Waals surface area contributed by atoms with Crippen LogP contribution >= 0.6 is 0 Å². The molecule has 0 saturated carbocycles. The van der Waals surface area contributed by atoms with Crippen molar-refractivity contribution in [2.24, 2.45) is 7.05 Å². The number of nitrogens with zero attached hydrogens (tertiary/aromatic N) is 4. The van der Waals surface area contributed by atoms with Crippen molar-refractivity contribution in [2.75, 3.05) is 11.9 Å². The number of benzene rings is 1. The molecule has 0 radical (unpaired) electrons. The molecule has 0 saturated heterocycles. The van der Waals surface area contributed by atoms with Gasteiger partial charge in [-0.3, -0.25) is 4.68 Å². The van der Waals surface area contributed by atoms with Crippen LogP contribution in [0.5, 0.6) is 0 Å². The van der Waals surface area contributed by atoms with E-state index in [1.54, 1.807) is 43.0 Å². The van der Waals surface area contributed by atoms with Gasteiger partial charge in [-0.25, -0.2) is 19.2 Å². The highest BCUT2D eigenvalue weighted by atomic mass is 19.1. The molecule has 7 nitrogen and oxygen atoms in total. The molecule has 2 aromatic heterocycles. The standard InChI is InChI=1S/C20H22FN5O2/c1-5-28-19(27)16-17(12(2)3)24-20(23-15-10-11-22-26(15)4)25-18(16)13-6-8-14(21)9-7-13/h6-12H,5H2,1-4H3,(H,23,24,25). The van der Waals surface area contributed by atoms with Crippen LogP contribution in [0.4, 0.5) is 16.2 Å². The van der Waals surface area contributed by atoms with Crippen LogP contribution in [-0.2, 0) is 11.8 Å². The fourth-order valence-corrected chi connectivity index (χ4v) is 2.78. The highest BCUT2D eigenvalue weighted by Crippen LogP contribution is 2.30. The van der Waals surface area contributed by atoms with E-state index >= 15 is 0 Å². The number of carbonyl (C=O) groups excluding carboxylic acids is 1. The first kappa shape index (κ1) is 19.5. The molecule has 0 aliphatic rings. The van der Waals surface area contributed by atoms with Gasteiger partial charge in [-0.15, -0.1) is 0 Å². The van der Waals surface area contributed by atoms with Gasteiger partial charge < -0.3 is 10.1 Å². The third-order valence-electron chi connectivity index (χ3n) is 4.14. The molecule has 2 heterocycles. The van der Waals surface area contributed by atoms with Crippen molar-refractivity contribution >= 4 is 17.7 Å². The summed E-state index contributed by atoms with van der Waals surface area (Å²) in [5, 5.41) is 7.23. The normalized spacial score (nSPS) is 10.9. The number of esters is 1. The number of ether oxygens (including phenoxy) is 1. The smallest absolute Gasteiger partial charge is 0.342 e. The predicted molar refractivity (Wildman–Crippen MR) is 104 cm³/mol. The molecular weight excluding hydrogens is 361 g/mol. The van der Waals surface area contributed by atoms with E-state index in [9.17, 15) is 9.18 Å². The Balaban J connectivity index is 2.20. The van der Waals surface area contributed by atoms with Gasteiger partial charge in [-0.2, -0.15) is 5.10 Å². The summed E-state index contributed by atoms with van der Waals surface area (Å²) in [7, 11) is 1.79. The molecule has 0 aliphatic heterocycles. The van der Waals surface area contributed by atoms with E-state index in [0.717, 1.165) is 0 Å². The van der Waals surface area contributed by atoms with Crippen molar-refractivity contribution in [1.29, 1.82) is 0 Å². The molecule has 0 atom stereocenters. The second kappa shape index (κ2) is 8.16. The number of carbonyl (C=O) groups is 1. The quantitative estimate of drug-likeness (QED) is 0.647. The summed E-state index contributed by atoms with van der Waals surface area (Å²) in [4.78, 5) is 21.8. The van der Waals surface area contributed by atoms with Crippen LogP contribution in [0.15, 0.2) is 36.5 Å². The molecule has 1 aromatic carbocycles. The van der Waals surface area contributed by atoms with E-state index in [0.29, 0.717) is 34.3 Å². The van der Waals surface area contributed by atoms with Crippen LogP contribution in [0, 0.1) is 5.82 Å². The molecule has 3 rings (SSSR count). The van der Waals surface area contributed by atoms with E-state index in [-0.39, 0.29) is 18.3 Å². The zero-order valence-corrected chi connectivity index (χ0v) is 16.2. The summed E-state index contributed by atoms with van der Waals surface area (Å²) < 4.78 is 20.3. The first-order valence-corrected chi connectivity index (χ1v) is 9.00. The van der Waals surface area contributed by atoms with Gasteiger partial charge in [-0.05, 0) is 37.1 Å². The molecule has 0 unspecified atom stereocenters. The van der Waals surface area contributed by atoms with Crippen molar-refractivity contribution in [2.45, 2.75) is 26.7 Å². The number of halogens is 1. The van der Waals surface area contributed by atoms with Gasteiger partial charge in [0, 0.05) is 18.7 Å². The molecule has 3 aromatic rings. The minimum absolute atomic E-state index is 0.0614. The van der Waals surface area contributed by atoms with Crippen molar-refractivity contribution in [3.05, 3.63) is 53.6 Å². The van der Waals surface area contributed by atoms with Crippen molar-refractivity contribution in [3.63, 3.8) is 0 Å². The molecule has 0 aliphatic carbocycles. The molecule has 0 spiro atoms. The summed E-state index contributed by atoms with van der Waals surface area (Å²) in [6.45, 7) is 5.85. The van der Waals surface area contributed by atoms with E-state index < -0.39 is 5.97 Å². The Hall–Kier alpha value is -3.29. The van der Waals surface area contributed by atoms with E-state index in [1.165, 1.54) is 12.1 Å². The summed E-state index contributed by atoms with van der Waals surface area (Å²) in [6, 6.07) is 7.61. The van der Waals surface area contributed by atoms with Crippen LogP contribution in [0.1, 0.15) is 42.7 Å². The number of aryl methyl sites for hydroxylation is 1. The summed E-state index contributed by atoms with van der Waals surface area (Å²) >= 11 is 0. The lowest BCUT2D eigenvalue weighted by Crippen LogP contribution is -2.16. The molecular formula is C20H22FN5O2. The molecule has 8 heteroatoms. The summed E-state index contributed by atoms with van der Waals surface area (Å²) in [6.07, 6.45) is 1.65. The fraction of sp³-hybridized carbons (Fsp3) is 0.300. The van der Waals surface area contributed by atoms with Gasteiger partial charge in [0.15, 0.2) is 0 Å². The number of hydrogen-bond acceptors (Lipinski definition) is 6. The monoisotopic (exact) mass is 383 g/mol. The first-order valence-electron chi connectivity index (χ1n) is 9.00. The lowest BCUT2D eigenvalue weighted by atomic mass is 9.98. The second-order valence-electron chi connectivity index (χ2n) is 6.50. The average Bonchev–Trinajstić information content (AvgIpc) is 3.06. The van der Waals surface area contributed by atoms with E-state index in [2.05, 4.69) is 20.4 Å². The van der Waals surface area contributed by atoms with E-state index in [4.69, 9.17) is 4.74 Å². The molecule has 146 valence electrons. The minimum atomic E-state index is -0.502. The minimum Gasteiger partial charge on any atom is -0.462 e. The van der Waals surface area contributed by atoms with Gasteiger partial charge >= 0.3 is 5.97 Å². The number of nitrogens with one attached hydrogen (secondary N) is 1. The van der Waals surface area contributed by atoms with Gasteiger partial charge in [-0.1, -0.05) is 13.8 Å². The predicted octanol–water partition coefficient (Wildman–Crippen LogP) is 4.06. The highest BCUT2D eigenvalue weighted by molar-refractivity contribution is 5.97. The number of hydrogen-bond donors (Lipinski definition) is 1. The van der Waals surface area contributed by atoms with Crippen molar-refractivity contribution < 1.29 is 13.9 Å². The Bertz CT molecular complexity index is 983. The maximum Gasteiger partial charge on any atom is 0.342 e. The van der Waals surface area contributed by atoms with Gasteiger partial charge in [0.1, 0.15) is 17.2 Å². The largest absolute Gasteiger partial charge is 0.462 e. The van der Waals surface area contributed by atoms with Gasteiger partial charge in [0.2, 0.25) is 5.95 Å². The zero-order valence-electron chi connectivity index (χ0n) is 16.2. The average molecular weight is 383 g/mol. The molecule has 0 fully saturated rings. The maximum atomic E-state index is 13.4. The Morgan fingerprint density at radius 1 is 1.21 bits per heavy atom. The number of anilines is 2. The molecule has 28 heavy (non-hydrogen) atoms. The van der Waals surface area contributed by atoms with Crippen molar-refractivity contribution in [3.8, 4) is 11.3 Å². The fourth-order valence-electron chi connectivity index (χ4n) is 2.78. The van der Waals surface area contributed by atoms with Crippen LogP contribution in [0.25, 0.3) is 11.3 Å². The highest BCUT2D eigenvalue weighted by Gasteiger charge is 2.25. The van der Waals surface area contributed by atoms with Gasteiger partial charge in [0.25, 0.3) is 0 Å². The third kappa shape index (κ3) is 4.00. The maximum absolute atomic E-state index is 13.4. The Kier molecular flexibility index (Phi) is 5.67. The van der Waals surface area contributed by atoms with Crippen LogP contribution < -0.4 is 5.32 Å². The topological polar surface area (TPSA) is 81.9 Å². The number of aromatic nitrogens is 4. The van der Waals surface area contributed by atoms with E-state index in [1.807, 2.05) is 13.8 Å². The van der Waals surface area contributed by atoms with Crippen LogP contribution in [0.2, 0.25) is 0 Å².